The van der Waals surface area contributed by atoms with E-state index in [-0.39, 0.29) is 12.7 Å². The Kier molecular flexibility index (Phi) is 9.87. The summed E-state index contributed by atoms with van der Waals surface area (Å²) in [5.41, 5.74) is 1.64. The number of hydrogen-bond donors (Lipinski definition) is 1. The van der Waals surface area contributed by atoms with E-state index in [1.165, 1.54) is 7.11 Å². The van der Waals surface area contributed by atoms with Crippen LogP contribution in [0.15, 0.2) is 60.7 Å². The first-order chi connectivity index (χ1) is 14.6. The normalized spacial score (nSPS) is 13.7. The highest BCUT2D eigenvalue weighted by Crippen LogP contribution is 2.26. The Morgan fingerprint density at radius 2 is 1.60 bits per heavy atom. The molecule has 0 aromatic heterocycles. The van der Waals surface area contributed by atoms with Gasteiger partial charge in [-0.15, -0.1) is 0 Å². The van der Waals surface area contributed by atoms with E-state index >= 15 is 0 Å². The number of carbonyl (C=O) groups excluding carboxylic acids is 2. The molecule has 2 aromatic carbocycles. The SMILES string of the molecule is CCCC(CC)OC(c1ccccc1)C(NC(=O)OCc1ccccc1)C(=O)OC. The summed E-state index contributed by atoms with van der Waals surface area (Å²) in [6, 6.07) is 17.7. The fourth-order valence-corrected chi connectivity index (χ4v) is 3.17. The van der Waals surface area contributed by atoms with Gasteiger partial charge in [0.25, 0.3) is 0 Å². The fraction of sp³-hybridized carbons (Fsp3) is 0.417. The first-order valence-electron chi connectivity index (χ1n) is 10.3. The largest absolute Gasteiger partial charge is 0.467 e. The molecule has 0 aliphatic carbocycles. The number of alkyl carbamates (subject to hydrolysis) is 1. The van der Waals surface area contributed by atoms with Gasteiger partial charge in [-0.3, -0.25) is 0 Å². The van der Waals surface area contributed by atoms with Crippen LogP contribution in [0.25, 0.3) is 0 Å². The van der Waals surface area contributed by atoms with Gasteiger partial charge in [-0.1, -0.05) is 80.9 Å². The van der Waals surface area contributed by atoms with Crippen LogP contribution in [0.5, 0.6) is 0 Å². The van der Waals surface area contributed by atoms with Crippen LogP contribution in [0.4, 0.5) is 4.79 Å². The van der Waals surface area contributed by atoms with Crippen molar-refractivity contribution in [3.05, 3.63) is 71.8 Å². The quantitative estimate of drug-likeness (QED) is 0.536. The lowest BCUT2D eigenvalue weighted by atomic mass is 10.0. The molecule has 0 heterocycles. The summed E-state index contributed by atoms with van der Waals surface area (Å²) in [6.45, 7) is 4.22. The molecule has 0 aliphatic rings. The summed E-state index contributed by atoms with van der Waals surface area (Å²) in [7, 11) is 1.29. The Morgan fingerprint density at radius 3 is 2.17 bits per heavy atom. The Balaban J connectivity index is 2.19. The van der Waals surface area contributed by atoms with Gasteiger partial charge in [0.05, 0.1) is 13.2 Å². The Labute approximate surface area is 178 Å². The fourth-order valence-electron chi connectivity index (χ4n) is 3.17. The summed E-state index contributed by atoms with van der Waals surface area (Å²) < 4.78 is 16.6. The van der Waals surface area contributed by atoms with Crippen molar-refractivity contribution in [2.45, 2.75) is 58.0 Å². The molecule has 0 spiro atoms. The zero-order valence-corrected chi connectivity index (χ0v) is 17.9. The van der Waals surface area contributed by atoms with Crippen molar-refractivity contribution in [1.29, 1.82) is 0 Å². The van der Waals surface area contributed by atoms with Crippen LogP contribution in [0.1, 0.15) is 50.3 Å². The lowest BCUT2D eigenvalue weighted by Gasteiger charge is -2.30. The predicted molar refractivity (Wildman–Crippen MR) is 115 cm³/mol. The second-order valence-electron chi connectivity index (χ2n) is 6.99. The van der Waals surface area contributed by atoms with Crippen molar-refractivity contribution in [2.75, 3.05) is 7.11 Å². The lowest BCUT2D eigenvalue weighted by Crippen LogP contribution is -2.47. The van der Waals surface area contributed by atoms with Crippen molar-refractivity contribution in [3.63, 3.8) is 0 Å². The third-order valence-corrected chi connectivity index (χ3v) is 4.78. The first kappa shape index (κ1) is 23.4. The Hall–Kier alpha value is -2.86. The molecule has 0 saturated heterocycles. The highest BCUT2D eigenvalue weighted by atomic mass is 16.6. The molecular weight excluding hydrogens is 382 g/mol. The van der Waals surface area contributed by atoms with Crippen LogP contribution in [-0.4, -0.2) is 31.3 Å². The van der Waals surface area contributed by atoms with Crippen LogP contribution < -0.4 is 5.32 Å². The van der Waals surface area contributed by atoms with Crippen molar-refractivity contribution in [2.24, 2.45) is 0 Å². The van der Waals surface area contributed by atoms with E-state index < -0.39 is 24.2 Å². The molecule has 0 bridgehead atoms. The maximum absolute atomic E-state index is 12.6. The topological polar surface area (TPSA) is 73.9 Å². The second-order valence-corrected chi connectivity index (χ2v) is 6.99. The third-order valence-electron chi connectivity index (χ3n) is 4.78. The van der Waals surface area contributed by atoms with E-state index in [1.807, 2.05) is 67.6 Å². The van der Waals surface area contributed by atoms with Gasteiger partial charge in [-0.2, -0.15) is 0 Å². The van der Waals surface area contributed by atoms with E-state index in [2.05, 4.69) is 12.2 Å². The van der Waals surface area contributed by atoms with E-state index in [1.54, 1.807) is 0 Å². The molecule has 0 saturated carbocycles. The van der Waals surface area contributed by atoms with Gasteiger partial charge >= 0.3 is 12.1 Å². The van der Waals surface area contributed by atoms with Crippen molar-refractivity contribution < 1.29 is 23.8 Å². The molecular formula is C24H31NO5. The van der Waals surface area contributed by atoms with Crippen molar-refractivity contribution >= 4 is 12.1 Å². The van der Waals surface area contributed by atoms with Crippen LogP contribution in [0, 0.1) is 0 Å². The molecule has 6 heteroatoms. The number of carbonyl (C=O) groups is 2. The Bertz CT molecular complexity index is 766. The number of amides is 1. The average molecular weight is 414 g/mol. The minimum atomic E-state index is -1.04. The molecule has 0 fully saturated rings. The maximum atomic E-state index is 12.6. The molecule has 162 valence electrons. The van der Waals surface area contributed by atoms with Crippen LogP contribution in [-0.2, 0) is 25.6 Å². The maximum Gasteiger partial charge on any atom is 0.408 e. The summed E-state index contributed by atoms with van der Waals surface area (Å²) in [4.78, 5) is 25.1. The van der Waals surface area contributed by atoms with E-state index in [9.17, 15) is 9.59 Å². The van der Waals surface area contributed by atoms with Gasteiger partial charge in [0, 0.05) is 0 Å². The highest BCUT2D eigenvalue weighted by molar-refractivity contribution is 5.82. The minimum absolute atomic E-state index is 0.0468. The van der Waals surface area contributed by atoms with Crippen LogP contribution >= 0.6 is 0 Å². The molecule has 2 aromatic rings. The molecule has 1 N–H and O–H groups in total. The summed E-state index contributed by atoms with van der Waals surface area (Å²) in [6.07, 6.45) is 1.15. The monoisotopic (exact) mass is 413 g/mol. The van der Waals surface area contributed by atoms with Crippen molar-refractivity contribution in [3.8, 4) is 0 Å². The second kappa shape index (κ2) is 12.6. The highest BCUT2D eigenvalue weighted by Gasteiger charge is 2.35. The molecule has 2 rings (SSSR count). The summed E-state index contributed by atoms with van der Waals surface area (Å²) in [5.74, 6) is -0.591. The third kappa shape index (κ3) is 7.19. The zero-order valence-electron chi connectivity index (χ0n) is 17.9. The van der Waals surface area contributed by atoms with Gasteiger partial charge in [-0.05, 0) is 24.0 Å². The van der Waals surface area contributed by atoms with Crippen molar-refractivity contribution in [1.82, 2.24) is 5.32 Å². The van der Waals surface area contributed by atoms with Gasteiger partial charge in [-0.25, -0.2) is 9.59 Å². The van der Waals surface area contributed by atoms with E-state index in [0.29, 0.717) is 0 Å². The van der Waals surface area contributed by atoms with Gasteiger partial charge in [0.2, 0.25) is 0 Å². The molecule has 3 atom stereocenters. The number of rotatable bonds is 11. The average Bonchev–Trinajstić information content (AvgIpc) is 2.80. The molecule has 30 heavy (non-hydrogen) atoms. The predicted octanol–water partition coefficient (Wildman–Crippen LogP) is 4.79. The molecule has 0 aliphatic heterocycles. The van der Waals surface area contributed by atoms with Gasteiger partial charge in [0.15, 0.2) is 6.04 Å². The number of ether oxygens (including phenoxy) is 3. The summed E-state index contributed by atoms with van der Waals surface area (Å²) in [5, 5.41) is 2.65. The lowest BCUT2D eigenvalue weighted by molar-refractivity contribution is -0.149. The first-order valence-corrected chi connectivity index (χ1v) is 10.3. The number of hydrogen-bond acceptors (Lipinski definition) is 5. The molecule has 1 amide bonds. The number of nitrogens with one attached hydrogen (secondary N) is 1. The van der Waals surface area contributed by atoms with Crippen LogP contribution in [0.3, 0.4) is 0 Å². The van der Waals surface area contributed by atoms with E-state index in [4.69, 9.17) is 14.2 Å². The Morgan fingerprint density at radius 1 is 0.967 bits per heavy atom. The molecule has 3 unspecified atom stereocenters. The minimum Gasteiger partial charge on any atom is -0.467 e. The standard InChI is InChI=1S/C24H31NO5/c1-4-12-20(5-2)30-22(19-15-10-7-11-16-19)21(23(26)28-3)25-24(27)29-17-18-13-8-6-9-14-18/h6-11,13-16,20-22H,4-5,12,17H2,1-3H3,(H,25,27). The van der Waals surface area contributed by atoms with E-state index in [0.717, 1.165) is 30.4 Å². The van der Waals surface area contributed by atoms with Gasteiger partial charge < -0.3 is 19.5 Å². The van der Waals surface area contributed by atoms with Crippen LogP contribution in [0.2, 0.25) is 0 Å². The smallest absolute Gasteiger partial charge is 0.408 e. The molecule has 6 nitrogen and oxygen atoms in total. The molecule has 0 radical (unpaired) electrons. The van der Waals surface area contributed by atoms with Gasteiger partial charge in [0.1, 0.15) is 12.7 Å². The summed E-state index contributed by atoms with van der Waals surface area (Å²) >= 11 is 0. The zero-order chi connectivity index (χ0) is 21.8. The number of methoxy groups -OCH3 is 1. The number of esters is 1. The number of benzene rings is 2.